The van der Waals surface area contributed by atoms with Gasteiger partial charge in [-0.1, -0.05) is 12.6 Å². The van der Waals surface area contributed by atoms with E-state index in [-0.39, 0.29) is 0 Å². The molecule has 1 aromatic carbocycles. The maximum atomic E-state index is 5.47. The zero-order valence-corrected chi connectivity index (χ0v) is 22.6. The van der Waals surface area contributed by atoms with Crippen LogP contribution in [0.1, 0.15) is 16.8 Å². The van der Waals surface area contributed by atoms with Gasteiger partial charge < -0.3 is 15.0 Å². The molecule has 2 aliphatic heterocycles. The highest BCUT2D eigenvalue weighted by atomic mass is 16.5. The monoisotopic (exact) mass is 524 g/mol. The molecule has 2 saturated heterocycles. The predicted molar refractivity (Wildman–Crippen MR) is 155 cm³/mol. The average Bonchev–Trinajstić information content (AvgIpc) is 3.39. The van der Waals surface area contributed by atoms with E-state index in [1.165, 1.54) is 5.56 Å². The molecular weight excluding hydrogens is 488 g/mol. The Kier molecular flexibility index (Phi) is 7.64. The van der Waals surface area contributed by atoms with Crippen LogP contribution < -0.4 is 5.32 Å². The molecule has 0 bridgehead atoms. The first-order chi connectivity index (χ1) is 19.1. The topological polar surface area (TPSA) is 85.4 Å². The summed E-state index contributed by atoms with van der Waals surface area (Å²) >= 11 is 0. The molecule has 0 amide bonds. The summed E-state index contributed by atoms with van der Waals surface area (Å²) in [5, 5.41) is 12.2. The summed E-state index contributed by atoms with van der Waals surface area (Å²) in [6, 6.07) is 10.8. The van der Waals surface area contributed by atoms with Gasteiger partial charge in [0.2, 0.25) is 0 Å². The van der Waals surface area contributed by atoms with E-state index in [0.717, 1.165) is 110 Å². The Bertz CT molecular complexity index is 1440. The van der Waals surface area contributed by atoms with Gasteiger partial charge in [-0.25, -0.2) is 0 Å². The van der Waals surface area contributed by atoms with Crippen LogP contribution >= 0.6 is 0 Å². The van der Waals surface area contributed by atoms with Gasteiger partial charge in [0.05, 0.1) is 36.3 Å². The number of hydrogen-bond acceptors (Lipinski definition) is 8. The van der Waals surface area contributed by atoms with Crippen LogP contribution in [0.15, 0.2) is 61.7 Å². The van der Waals surface area contributed by atoms with Crippen molar-refractivity contribution in [2.24, 2.45) is 0 Å². The van der Waals surface area contributed by atoms with Crippen molar-refractivity contribution in [3.8, 4) is 11.1 Å². The molecule has 0 saturated carbocycles. The molecule has 9 heteroatoms. The van der Waals surface area contributed by atoms with Crippen LogP contribution in [0.3, 0.4) is 0 Å². The van der Waals surface area contributed by atoms with E-state index in [9.17, 15) is 0 Å². The van der Waals surface area contributed by atoms with Gasteiger partial charge in [0.1, 0.15) is 5.69 Å². The number of benzene rings is 1. The molecule has 2 fully saturated rings. The minimum atomic E-state index is 0.727. The summed E-state index contributed by atoms with van der Waals surface area (Å²) in [6.45, 7) is 13.9. The Morgan fingerprint density at radius 2 is 1.59 bits per heavy atom. The van der Waals surface area contributed by atoms with Crippen molar-refractivity contribution >= 4 is 22.3 Å². The number of pyridine rings is 2. The highest BCUT2D eigenvalue weighted by Crippen LogP contribution is 2.29. The zero-order chi connectivity index (χ0) is 26.6. The van der Waals surface area contributed by atoms with Crippen molar-refractivity contribution in [1.29, 1.82) is 0 Å². The fourth-order valence-corrected chi connectivity index (χ4v) is 5.31. The molecule has 0 radical (unpaired) electrons. The Labute approximate surface area is 229 Å². The maximum Gasteiger partial charge on any atom is 0.116 e. The number of piperazine rings is 1. The molecule has 6 rings (SSSR count). The molecular formula is C30H36N8O. The third-order valence-corrected chi connectivity index (χ3v) is 7.58. The molecule has 0 spiro atoms. The van der Waals surface area contributed by atoms with Crippen molar-refractivity contribution in [3.63, 3.8) is 0 Å². The maximum absolute atomic E-state index is 5.47. The summed E-state index contributed by atoms with van der Waals surface area (Å²) in [7, 11) is 2.19. The zero-order valence-electron chi connectivity index (χ0n) is 22.6. The first-order valence-corrected chi connectivity index (χ1v) is 13.6. The summed E-state index contributed by atoms with van der Waals surface area (Å²) in [5.74, 6) is 0. The molecule has 5 heterocycles. The Morgan fingerprint density at radius 1 is 0.872 bits per heavy atom. The highest BCUT2D eigenvalue weighted by Gasteiger charge is 2.16. The minimum absolute atomic E-state index is 0.727. The van der Waals surface area contributed by atoms with Crippen LogP contribution in [0, 0.1) is 0 Å². The van der Waals surface area contributed by atoms with Gasteiger partial charge in [-0.3, -0.25) is 24.9 Å². The molecule has 9 nitrogen and oxygen atoms in total. The number of likely N-dealkylation sites (N-methyl/N-ethyl adjacent to an activating group) is 1. The molecule has 3 aromatic heterocycles. The average molecular weight is 525 g/mol. The first-order valence-electron chi connectivity index (χ1n) is 13.6. The van der Waals surface area contributed by atoms with Crippen LogP contribution in [-0.4, -0.2) is 94.4 Å². The Morgan fingerprint density at radius 3 is 2.38 bits per heavy atom. The molecule has 39 heavy (non-hydrogen) atoms. The van der Waals surface area contributed by atoms with E-state index in [2.05, 4.69) is 84.1 Å². The molecule has 2 aliphatic rings. The number of H-pyrrole nitrogens is 1. The number of hydrogen-bond donors (Lipinski definition) is 2. The largest absolute Gasteiger partial charge is 0.379 e. The molecule has 4 aromatic rings. The second-order valence-electron chi connectivity index (χ2n) is 10.6. The van der Waals surface area contributed by atoms with Gasteiger partial charge in [0, 0.05) is 81.9 Å². The van der Waals surface area contributed by atoms with Crippen molar-refractivity contribution in [3.05, 3.63) is 78.5 Å². The fraction of sp³-hybridized carbons (Fsp3) is 0.367. The number of ether oxygens (including phenoxy) is 1. The molecule has 2 N–H and O–H groups in total. The van der Waals surface area contributed by atoms with Crippen LogP contribution in [-0.2, 0) is 17.8 Å². The number of fused-ring (bicyclic) bond motifs is 1. The number of morpholine rings is 1. The van der Waals surface area contributed by atoms with E-state index < -0.39 is 0 Å². The molecule has 0 unspecified atom stereocenters. The number of nitrogens with one attached hydrogen (secondary N) is 2. The molecule has 0 atom stereocenters. The lowest BCUT2D eigenvalue weighted by atomic mass is 10.0. The number of nitrogens with zero attached hydrogens (tertiary/aromatic N) is 6. The third-order valence-electron chi connectivity index (χ3n) is 7.58. The lowest BCUT2D eigenvalue weighted by molar-refractivity contribution is 0.0341. The van der Waals surface area contributed by atoms with Crippen LogP contribution in [0.2, 0.25) is 0 Å². The van der Waals surface area contributed by atoms with Gasteiger partial charge >= 0.3 is 0 Å². The first kappa shape index (κ1) is 25.6. The van der Waals surface area contributed by atoms with Crippen molar-refractivity contribution in [1.82, 2.24) is 34.9 Å². The number of rotatable bonds is 8. The summed E-state index contributed by atoms with van der Waals surface area (Å²) in [6.07, 6.45) is 7.67. The van der Waals surface area contributed by atoms with Crippen LogP contribution in [0.5, 0.6) is 0 Å². The quantitative estimate of drug-likeness (QED) is 0.361. The van der Waals surface area contributed by atoms with Crippen molar-refractivity contribution in [2.75, 3.05) is 64.8 Å². The smallest absolute Gasteiger partial charge is 0.116 e. The second kappa shape index (κ2) is 11.6. The Hall–Kier alpha value is -3.63. The van der Waals surface area contributed by atoms with Crippen LogP contribution in [0.25, 0.3) is 27.7 Å². The van der Waals surface area contributed by atoms with E-state index in [4.69, 9.17) is 4.74 Å². The summed E-state index contributed by atoms with van der Waals surface area (Å²) < 4.78 is 5.47. The van der Waals surface area contributed by atoms with E-state index in [0.29, 0.717) is 0 Å². The number of aromatic amines is 1. The third kappa shape index (κ3) is 6.17. The lowest BCUT2D eigenvalue weighted by Crippen LogP contribution is -2.43. The fourth-order valence-electron chi connectivity index (χ4n) is 5.31. The summed E-state index contributed by atoms with van der Waals surface area (Å²) in [5.41, 5.74) is 8.01. The summed E-state index contributed by atoms with van der Waals surface area (Å²) in [4.78, 5) is 16.3. The van der Waals surface area contributed by atoms with Gasteiger partial charge in [-0.15, -0.1) is 0 Å². The SMILES string of the molecule is C=C(Nc1cncc(CN2CCOCC2)c1)c1n[nH]c2ccc(-c3cncc(CN4CCN(C)CC4)c3)cc12. The van der Waals surface area contributed by atoms with E-state index >= 15 is 0 Å². The van der Waals surface area contributed by atoms with Gasteiger partial charge in [0.25, 0.3) is 0 Å². The van der Waals surface area contributed by atoms with Crippen molar-refractivity contribution < 1.29 is 4.74 Å². The van der Waals surface area contributed by atoms with Crippen molar-refractivity contribution in [2.45, 2.75) is 13.1 Å². The van der Waals surface area contributed by atoms with Gasteiger partial charge in [0.15, 0.2) is 0 Å². The van der Waals surface area contributed by atoms with Crippen LogP contribution in [0.4, 0.5) is 5.69 Å². The normalized spacial score (nSPS) is 17.5. The number of anilines is 1. The minimum Gasteiger partial charge on any atom is -0.379 e. The predicted octanol–water partition coefficient (Wildman–Crippen LogP) is 3.68. The van der Waals surface area contributed by atoms with Gasteiger partial charge in [-0.05, 0) is 48.0 Å². The van der Waals surface area contributed by atoms with E-state index in [1.54, 1.807) is 0 Å². The second-order valence-corrected chi connectivity index (χ2v) is 10.6. The molecule has 202 valence electrons. The standard InChI is InChI=1S/C30H36N8O/c1-22(33-27-14-24(17-32-19-27)21-38-9-11-39-12-10-38)30-28-15-25(3-4-29(28)34-35-30)26-13-23(16-31-18-26)20-37-7-5-36(2)6-8-37/h3-4,13-19,33H,1,5-12,20-21H2,2H3,(H,34,35). The van der Waals surface area contributed by atoms with E-state index in [1.807, 2.05) is 24.8 Å². The lowest BCUT2D eigenvalue weighted by Gasteiger charge is -2.32. The Balaban J connectivity index is 1.18. The highest BCUT2D eigenvalue weighted by molar-refractivity contribution is 5.95. The van der Waals surface area contributed by atoms with Gasteiger partial charge in [-0.2, -0.15) is 5.10 Å². The molecule has 0 aliphatic carbocycles. The number of aromatic nitrogens is 4.